The van der Waals surface area contributed by atoms with Crippen molar-refractivity contribution in [3.05, 3.63) is 34.9 Å². The number of rotatable bonds is 3. The van der Waals surface area contributed by atoms with E-state index in [1.165, 1.54) is 38.2 Å². The zero-order valence-electron chi connectivity index (χ0n) is 12.2. The lowest BCUT2D eigenvalue weighted by molar-refractivity contribution is 0.162. The Labute approximate surface area is 126 Å². The van der Waals surface area contributed by atoms with Crippen LogP contribution in [0.4, 0.5) is 0 Å². The van der Waals surface area contributed by atoms with Crippen LogP contribution in [0.1, 0.15) is 24.9 Å². The minimum absolute atomic E-state index is 0.486. The first-order valence-electron chi connectivity index (χ1n) is 7.68. The Kier molecular flexibility index (Phi) is 4.61. The van der Waals surface area contributed by atoms with Crippen molar-refractivity contribution in [1.82, 2.24) is 15.1 Å². The topological polar surface area (TPSA) is 18.5 Å². The van der Waals surface area contributed by atoms with Gasteiger partial charge in [-0.25, -0.2) is 0 Å². The van der Waals surface area contributed by atoms with E-state index < -0.39 is 0 Å². The highest BCUT2D eigenvalue weighted by atomic mass is 35.5. The van der Waals surface area contributed by atoms with Gasteiger partial charge >= 0.3 is 0 Å². The number of hydrogen-bond donors (Lipinski definition) is 1. The molecule has 0 saturated carbocycles. The van der Waals surface area contributed by atoms with Crippen LogP contribution < -0.4 is 5.32 Å². The van der Waals surface area contributed by atoms with Crippen molar-refractivity contribution >= 4 is 11.6 Å². The molecule has 2 saturated heterocycles. The van der Waals surface area contributed by atoms with Crippen molar-refractivity contribution in [2.75, 3.05) is 39.3 Å². The second kappa shape index (κ2) is 6.44. The highest BCUT2D eigenvalue weighted by Gasteiger charge is 2.30. The lowest BCUT2D eigenvalue weighted by Crippen LogP contribution is -2.49. The Morgan fingerprint density at radius 2 is 1.85 bits per heavy atom. The summed E-state index contributed by atoms with van der Waals surface area (Å²) in [5, 5.41) is 4.26. The van der Waals surface area contributed by atoms with Crippen LogP contribution in [0.3, 0.4) is 0 Å². The van der Waals surface area contributed by atoms with Gasteiger partial charge in [-0.15, -0.1) is 0 Å². The SMILES string of the molecule is CC(c1ccc(Cl)cc1)N1CCC(N2CCNCC2)C1. The predicted molar refractivity (Wildman–Crippen MR) is 84.3 cm³/mol. The lowest BCUT2D eigenvalue weighted by Gasteiger charge is -2.33. The largest absolute Gasteiger partial charge is 0.314 e. The van der Waals surface area contributed by atoms with Gasteiger partial charge in [-0.3, -0.25) is 9.80 Å². The third kappa shape index (κ3) is 3.17. The third-order valence-electron chi connectivity index (χ3n) is 4.76. The Balaban J connectivity index is 1.60. The first kappa shape index (κ1) is 14.3. The van der Waals surface area contributed by atoms with E-state index in [9.17, 15) is 0 Å². The van der Waals surface area contributed by atoms with Gasteiger partial charge in [0.15, 0.2) is 0 Å². The van der Waals surface area contributed by atoms with Crippen molar-refractivity contribution < 1.29 is 0 Å². The van der Waals surface area contributed by atoms with Crippen LogP contribution in [-0.4, -0.2) is 55.1 Å². The third-order valence-corrected chi connectivity index (χ3v) is 5.01. The fraction of sp³-hybridized carbons (Fsp3) is 0.625. The molecule has 0 aromatic heterocycles. The summed E-state index contributed by atoms with van der Waals surface area (Å²) in [4.78, 5) is 5.26. The standard InChI is InChI=1S/C16H24ClN3/c1-13(14-2-4-15(17)5-3-14)20-9-6-16(12-20)19-10-7-18-8-11-19/h2-5,13,16,18H,6-12H2,1H3. The van der Waals surface area contributed by atoms with E-state index in [1.807, 2.05) is 12.1 Å². The summed E-state index contributed by atoms with van der Waals surface area (Å²) in [5.41, 5.74) is 1.37. The highest BCUT2D eigenvalue weighted by molar-refractivity contribution is 6.30. The summed E-state index contributed by atoms with van der Waals surface area (Å²) in [5.74, 6) is 0. The zero-order chi connectivity index (χ0) is 13.9. The van der Waals surface area contributed by atoms with Crippen LogP contribution in [-0.2, 0) is 0 Å². The fourth-order valence-electron chi connectivity index (χ4n) is 3.42. The van der Waals surface area contributed by atoms with Crippen molar-refractivity contribution in [2.45, 2.75) is 25.4 Å². The Hall–Kier alpha value is -0.610. The van der Waals surface area contributed by atoms with Crippen LogP contribution in [0.25, 0.3) is 0 Å². The van der Waals surface area contributed by atoms with Gasteiger partial charge in [-0.05, 0) is 31.0 Å². The molecule has 0 bridgehead atoms. The minimum Gasteiger partial charge on any atom is -0.314 e. The van der Waals surface area contributed by atoms with E-state index in [-0.39, 0.29) is 0 Å². The number of benzene rings is 1. The maximum absolute atomic E-state index is 5.97. The first-order valence-corrected chi connectivity index (χ1v) is 8.06. The molecule has 2 atom stereocenters. The van der Waals surface area contributed by atoms with Gasteiger partial charge in [-0.2, -0.15) is 0 Å². The Morgan fingerprint density at radius 1 is 1.15 bits per heavy atom. The number of nitrogens with one attached hydrogen (secondary N) is 1. The van der Waals surface area contributed by atoms with Crippen molar-refractivity contribution in [3.63, 3.8) is 0 Å². The molecule has 2 unspecified atom stereocenters. The maximum atomic E-state index is 5.97. The van der Waals surface area contributed by atoms with Gasteiger partial charge in [0.25, 0.3) is 0 Å². The average molecular weight is 294 g/mol. The van der Waals surface area contributed by atoms with Gasteiger partial charge in [-0.1, -0.05) is 23.7 Å². The summed E-state index contributed by atoms with van der Waals surface area (Å²) in [6.07, 6.45) is 1.30. The van der Waals surface area contributed by atoms with Crippen molar-refractivity contribution in [2.24, 2.45) is 0 Å². The summed E-state index contributed by atoms with van der Waals surface area (Å²) in [6.45, 7) is 9.40. The molecule has 20 heavy (non-hydrogen) atoms. The van der Waals surface area contributed by atoms with Gasteiger partial charge in [0.2, 0.25) is 0 Å². The molecule has 2 fully saturated rings. The van der Waals surface area contributed by atoms with Crippen molar-refractivity contribution in [3.8, 4) is 0 Å². The van der Waals surface area contributed by atoms with Crippen molar-refractivity contribution in [1.29, 1.82) is 0 Å². The molecule has 3 rings (SSSR count). The van der Waals surface area contributed by atoms with Crippen LogP contribution >= 0.6 is 11.6 Å². The monoisotopic (exact) mass is 293 g/mol. The molecule has 4 heteroatoms. The van der Waals surface area contributed by atoms with Gasteiger partial charge in [0.1, 0.15) is 0 Å². The van der Waals surface area contributed by atoms with E-state index in [0.717, 1.165) is 24.2 Å². The van der Waals surface area contributed by atoms with E-state index in [0.29, 0.717) is 6.04 Å². The molecule has 2 aliphatic heterocycles. The molecular weight excluding hydrogens is 270 g/mol. The first-order chi connectivity index (χ1) is 9.74. The summed E-state index contributed by atoms with van der Waals surface area (Å²) < 4.78 is 0. The molecule has 0 radical (unpaired) electrons. The minimum atomic E-state index is 0.486. The zero-order valence-corrected chi connectivity index (χ0v) is 12.9. The number of halogens is 1. The molecule has 1 aromatic rings. The molecule has 110 valence electrons. The molecule has 2 heterocycles. The van der Waals surface area contributed by atoms with Gasteiger partial charge in [0.05, 0.1) is 0 Å². The van der Waals surface area contributed by atoms with Crippen LogP contribution in [0.15, 0.2) is 24.3 Å². The van der Waals surface area contributed by atoms with Gasteiger partial charge < -0.3 is 5.32 Å². The van der Waals surface area contributed by atoms with E-state index in [2.05, 4.69) is 34.2 Å². The quantitative estimate of drug-likeness (QED) is 0.923. The summed E-state index contributed by atoms with van der Waals surface area (Å²) >= 11 is 5.97. The smallest absolute Gasteiger partial charge is 0.0406 e. The number of nitrogens with zero attached hydrogens (tertiary/aromatic N) is 2. The highest BCUT2D eigenvalue weighted by Crippen LogP contribution is 2.27. The van der Waals surface area contributed by atoms with E-state index in [4.69, 9.17) is 11.6 Å². The number of likely N-dealkylation sites (tertiary alicyclic amines) is 1. The van der Waals surface area contributed by atoms with Gasteiger partial charge in [0, 0.05) is 56.4 Å². The number of hydrogen-bond acceptors (Lipinski definition) is 3. The molecular formula is C16H24ClN3. The van der Waals surface area contributed by atoms with E-state index in [1.54, 1.807) is 0 Å². The Morgan fingerprint density at radius 3 is 2.55 bits per heavy atom. The fourth-order valence-corrected chi connectivity index (χ4v) is 3.54. The molecule has 3 nitrogen and oxygen atoms in total. The number of piperazine rings is 1. The van der Waals surface area contributed by atoms with Crippen LogP contribution in [0.2, 0.25) is 5.02 Å². The molecule has 0 aliphatic carbocycles. The lowest BCUT2D eigenvalue weighted by atomic mass is 10.1. The summed E-state index contributed by atoms with van der Waals surface area (Å²) in [7, 11) is 0. The normalized spacial score (nSPS) is 26.8. The molecule has 0 spiro atoms. The molecule has 1 N–H and O–H groups in total. The molecule has 1 aromatic carbocycles. The maximum Gasteiger partial charge on any atom is 0.0406 e. The molecule has 2 aliphatic rings. The predicted octanol–water partition coefficient (Wildman–Crippen LogP) is 2.38. The van der Waals surface area contributed by atoms with Crippen LogP contribution in [0.5, 0.6) is 0 Å². The Bertz CT molecular complexity index is 428. The second-order valence-electron chi connectivity index (χ2n) is 5.95. The average Bonchev–Trinajstić information content (AvgIpc) is 2.98. The second-order valence-corrected chi connectivity index (χ2v) is 6.39. The van der Waals surface area contributed by atoms with Crippen LogP contribution in [0, 0.1) is 0 Å². The van der Waals surface area contributed by atoms with E-state index >= 15 is 0 Å². The molecule has 0 amide bonds. The summed E-state index contributed by atoms with van der Waals surface area (Å²) in [6, 6.07) is 9.54.